The molecule has 4 nitrogen and oxygen atoms in total. The first-order valence-electron chi connectivity index (χ1n) is 4.55. The third kappa shape index (κ3) is 1.35. The molecule has 1 aromatic rings. The number of anilines is 1. The lowest BCUT2D eigenvalue weighted by Crippen LogP contribution is -2.36. The molecule has 1 aliphatic rings. The van der Waals surface area contributed by atoms with Crippen LogP contribution < -0.4 is 4.90 Å². The molecule has 1 heterocycles. The Balaban J connectivity index is 2.55. The van der Waals surface area contributed by atoms with Crippen molar-refractivity contribution in [1.29, 1.82) is 0 Å². The molecule has 0 spiro atoms. The van der Waals surface area contributed by atoms with Crippen LogP contribution in [0.4, 0.5) is 5.69 Å². The van der Waals surface area contributed by atoms with Gasteiger partial charge < -0.3 is 0 Å². The highest BCUT2D eigenvalue weighted by Gasteiger charge is 2.35. The van der Waals surface area contributed by atoms with Gasteiger partial charge in [0.2, 0.25) is 5.91 Å². The van der Waals surface area contributed by atoms with Crippen molar-refractivity contribution in [3.8, 4) is 0 Å². The van der Waals surface area contributed by atoms with Crippen LogP contribution in [-0.4, -0.2) is 17.4 Å². The Morgan fingerprint density at radius 1 is 1.53 bits per heavy atom. The molecule has 1 aromatic carbocycles. The van der Waals surface area contributed by atoms with Crippen molar-refractivity contribution in [3.63, 3.8) is 0 Å². The number of hydrogen-bond donors (Lipinski definition) is 1. The summed E-state index contributed by atoms with van der Waals surface area (Å²) in [6.45, 7) is 5.22. The Morgan fingerprint density at radius 3 is 2.80 bits per heavy atom. The monoisotopic (exact) mass is 205 g/mol. The highest BCUT2D eigenvalue weighted by molar-refractivity contribution is 6.02. The third-order valence-corrected chi connectivity index (χ3v) is 2.48. The van der Waals surface area contributed by atoms with Crippen LogP contribution in [-0.2, 0) is 9.68 Å². The molecule has 4 heteroatoms. The topological polar surface area (TPSA) is 49.8 Å². The Bertz CT molecular complexity index is 428. The second-order valence-corrected chi connectivity index (χ2v) is 3.39. The molecule has 1 amide bonds. The second-order valence-electron chi connectivity index (χ2n) is 3.39. The molecule has 0 aromatic heterocycles. The average molecular weight is 205 g/mol. The Hall–Kier alpha value is -1.65. The molecule has 1 atom stereocenters. The van der Waals surface area contributed by atoms with Crippen LogP contribution in [0.15, 0.2) is 30.8 Å². The first kappa shape index (κ1) is 9.89. The van der Waals surface area contributed by atoms with Crippen LogP contribution in [0, 0.1) is 0 Å². The zero-order chi connectivity index (χ0) is 11.0. The van der Waals surface area contributed by atoms with E-state index in [1.165, 1.54) is 11.8 Å². The van der Waals surface area contributed by atoms with Crippen LogP contribution >= 0.6 is 0 Å². The van der Waals surface area contributed by atoms with Gasteiger partial charge in [0.15, 0.2) is 6.23 Å². The standard InChI is InChI=1S/C11H11NO3/c1-7-9-5-3-4-6-10(9)12(8(2)13)11(7)15-14/h3-6,11,14H,1H2,2H3. The van der Waals surface area contributed by atoms with Crippen LogP contribution in [0.25, 0.3) is 5.57 Å². The number of fused-ring (bicyclic) bond motifs is 1. The zero-order valence-corrected chi connectivity index (χ0v) is 8.30. The van der Waals surface area contributed by atoms with Gasteiger partial charge in [-0.15, -0.1) is 0 Å². The van der Waals surface area contributed by atoms with Gasteiger partial charge in [-0.1, -0.05) is 24.8 Å². The first-order valence-corrected chi connectivity index (χ1v) is 4.55. The van der Waals surface area contributed by atoms with Crippen molar-refractivity contribution in [2.24, 2.45) is 0 Å². The molecule has 0 radical (unpaired) electrons. The summed E-state index contributed by atoms with van der Waals surface area (Å²) < 4.78 is 0. The highest BCUT2D eigenvalue weighted by atomic mass is 17.1. The Morgan fingerprint density at radius 2 is 2.20 bits per heavy atom. The molecule has 0 saturated carbocycles. The van der Waals surface area contributed by atoms with E-state index in [0.29, 0.717) is 11.3 Å². The number of para-hydroxylation sites is 1. The van der Waals surface area contributed by atoms with Crippen LogP contribution in [0.5, 0.6) is 0 Å². The fourth-order valence-corrected chi connectivity index (χ4v) is 1.82. The van der Waals surface area contributed by atoms with E-state index in [1.807, 2.05) is 18.2 Å². The van der Waals surface area contributed by atoms with Crippen molar-refractivity contribution in [1.82, 2.24) is 0 Å². The normalized spacial score (nSPS) is 19.2. The maximum absolute atomic E-state index is 11.4. The van der Waals surface area contributed by atoms with Crippen molar-refractivity contribution in [2.45, 2.75) is 13.2 Å². The fraction of sp³-hybridized carbons (Fsp3) is 0.182. The Labute approximate surface area is 87.3 Å². The second kappa shape index (κ2) is 3.49. The van der Waals surface area contributed by atoms with E-state index in [2.05, 4.69) is 11.5 Å². The fourth-order valence-electron chi connectivity index (χ4n) is 1.82. The lowest BCUT2D eigenvalue weighted by molar-refractivity contribution is -0.260. The van der Waals surface area contributed by atoms with Gasteiger partial charge in [0.1, 0.15) is 0 Å². The van der Waals surface area contributed by atoms with E-state index in [-0.39, 0.29) is 5.91 Å². The van der Waals surface area contributed by atoms with Crippen molar-refractivity contribution in [3.05, 3.63) is 36.4 Å². The quantitative estimate of drug-likeness (QED) is 0.562. The van der Waals surface area contributed by atoms with E-state index >= 15 is 0 Å². The van der Waals surface area contributed by atoms with Crippen molar-refractivity contribution in [2.75, 3.05) is 4.90 Å². The number of amides is 1. The molecular formula is C11H11NO3. The van der Waals surface area contributed by atoms with Gasteiger partial charge in [-0.25, -0.2) is 10.1 Å². The zero-order valence-electron chi connectivity index (χ0n) is 8.30. The number of rotatable bonds is 1. The summed E-state index contributed by atoms with van der Waals surface area (Å²) in [4.78, 5) is 17.1. The van der Waals surface area contributed by atoms with Gasteiger partial charge in [0, 0.05) is 18.1 Å². The summed E-state index contributed by atoms with van der Waals surface area (Å²) in [5, 5.41) is 8.77. The maximum atomic E-state index is 11.4. The summed E-state index contributed by atoms with van der Waals surface area (Å²) in [7, 11) is 0. The summed E-state index contributed by atoms with van der Waals surface area (Å²) in [5.41, 5.74) is 2.13. The van der Waals surface area contributed by atoms with Gasteiger partial charge in [0.05, 0.1) is 5.69 Å². The molecule has 0 fully saturated rings. The summed E-state index contributed by atoms with van der Waals surface area (Å²) in [6.07, 6.45) is -0.806. The minimum absolute atomic E-state index is 0.194. The van der Waals surface area contributed by atoms with Crippen molar-refractivity contribution < 1.29 is 14.9 Å². The van der Waals surface area contributed by atoms with E-state index in [1.54, 1.807) is 6.07 Å². The van der Waals surface area contributed by atoms with Crippen LogP contribution in [0.1, 0.15) is 12.5 Å². The van der Waals surface area contributed by atoms with Crippen LogP contribution in [0.3, 0.4) is 0 Å². The number of carbonyl (C=O) groups is 1. The van der Waals surface area contributed by atoms with Gasteiger partial charge in [-0.05, 0) is 6.07 Å². The van der Waals surface area contributed by atoms with Gasteiger partial charge >= 0.3 is 0 Å². The minimum atomic E-state index is -0.806. The summed E-state index contributed by atoms with van der Waals surface area (Å²) in [6, 6.07) is 7.30. The molecule has 15 heavy (non-hydrogen) atoms. The van der Waals surface area contributed by atoms with E-state index in [0.717, 1.165) is 5.56 Å². The van der Waals surface area contributed by atoms with Gasteiger partial charge in [0.25, 0.3) is 0 Å². The largest absolute Gasteiger partial charge is 0.279 e. The summed E-state index contributed by atoms with van der Waals surface area (Å²) >= 11 is 0. The number of carbonyl (C=O) groups excluding carboxylic acids is 1. The molecule has 1 N–H and O–H groups in total. The lowest BCUT2D eigenvalue weighted by Gasteiger charge is -2.21. The predicted octanol–water partition coefficient (Wildman–Crippen LogP) is 1.88. The molecule has 2 rings (SSSR count). The van der Waals surface area contributed by atoms with Gasteiger partial charge in [-0.2, -0.15) is 0 Å². The van der Waals surface area contributed by atoms with Crippen molar-refractivity contribution >= 4 is 17.2 Å². The number of nitrogens with zero attached hydrogens (tertiary/aromatic N) is 1. The SMILES string of the molecule is C=C1c2ccccc2N(C(C)=O)C1OO. The molecule has 78 valence electrons. The third-order valence-electron chi connectivity index (χ3n) is 2.48. The molecule has 0 saturated heterocycles. The first-order chi connectivity index (χ1) is 7.16. The predicted molar refractivity (Wildman–Crippen MR) is 56.1 cm³/mol. The van der Waals surface area contributed by atoms with Gasteiger partial charge in [-0.3, -0.25) is 9.69 Å². The lowest BCUT2D eigenvalue weighted by atomic mass is 10.1. The molecular weight excluding hydrogens is 194 g/mol. The molecule has 1 aliphatic heterocycles. The smallest absolute Gasteiger partial charge is 0.226 e. The van der Waals surface area contributed by atoms with E-state index in [9.17, 15) is 4.79 Å². The summed E-state index contributed by atoms with van der Waals surface area (Å²) in [5.74, 6) is -0.194. The van der Waals surface area contributed by atoms with E-state index in [4.69, 9.17) is 5.26 Å². The Kier molecular flexibility index (Phi) is 2.30. The number of hydrogen-bond acceptors (Lipinski definition) is 3. The molecule has 1 unspecified atom stereocenters. The van der Waals surface area contributed by atoms with Crippen LogP contribution in [0.2, 0.25) is 0 Å². The number of benzene rings is 1. The minimum Gasteiger partial charge on any atom is -0.279 e. The molecule has 0 bridgehead atoms. The van der Waals surface area contributed by atoms with E-state index < -0.39 is 6.23 Å². The maximum Gasteiger partial charge on any atom is 0.226 e. The highest BCUT2D eigenvalue weighted by Crippen LogP contribution is 2.39. The molecule has 0 aliphatic carbocycles. The average Bonchev–Trinajstić information content (AvgIpc) is 2.52.